The predicted octanol–water partition coefficient (Wildman–Crippen LogP) is -0.889. The Kier molecular flexibility index (Phi) is 8.37. The highest BCUT2D eigenvalue weighted by Crippen LogP contribution is 2.29. The van der Waals surface area contributed by atoms with E-state index in [4.69, 9.17) is 28.1 Å². The zero-order valence-electron chi connectivity index (χ0n) is 21.3. The standard InChI is InChI=1S/C27H30O13/c1-35-13-4-2-12(3-5-13)16-9-36-18-8-14(6-7-15(18)20(16)29)39-27-25(34)23(32)22(31)19(40-27)11-38-26-24(33)21(30)17(28)10-37-26/h2-9,17,19,21-28,30-34H,10-11H2,1H3/t17-,19+,21+,22-,23+,24+,25+,26+,27-/m1/s1. The van der Waals surface area contributed by atoms with E-state index >= 15 is 0 Å². The van der Waals surface area contributed by atoms with Gasteiger partial charge in [-0.15, -0.1) is 0 Å². The summed E-state index contributed by atoms with van der Waals surface area (Å²) < 4.78 is 32.8. The molecule has 0 unspecified atom stereocenters. The number of fused-ring (bicyclic) bond motifs is 1. The van der Waals surface area contributed by atoms with E-state index in [0.717, 1.165) is 0 Å². The highest BCUT2D eigenvalue weighted by atomic mass is 16.7. The van der Waals surface area contributed by atoms with Crippen molar-refractivity contribution >= 4 is 11.0 Å². The molecule has 0 radical (unpaired) electrons. The molecule has 2 fully saturated rings. The number of aliphatic hydroxyl groups excluding tert-OH is 6. The van der Waals surface area contributed by atoms with Gasteiger partial charge in [-0.2, -0.15) is 0 Å². The van der Waals surface area contributed by atoms with Crippen molar-refractivity contribution < 1.29 is 58.7 Å². The third-order valence-corrected chi connectivity index (χ3v) is 6.95. The summed E-state index contributed by atoms with van der Waals surface area (Å²) in [7, 11) is 1.55. The molecule has 216 valence electrons. The number of rotatable bonds is 7. The topological polar surface area (TPSA) is 198 Å². The van der Waals surface area contributed by atoms with Gasteiger partial charge in [-0.3, -0.25) is 4.79 Å². The maximum atomic E-state index is 13.1. The van der Waals surface area contributed by atoms with Gasteiger partial charge in [0.15, 0.2) is 11.7 Å². The van der Waals surface area contributed by atoms with Crippen molar-refractivity contribution in [3.8, 4) is 22.6 Å². The van der Waals surface area contributed by atoms with E-state index in [9.17, 15) is 35.4 Å². The zero-order valence-corrected chi connectivity index (χ0v) is 21.3. The largest absolute Gasteiger partial charge is 0.497 e. The molecule has 1 aromatic heterocycles. The molecule has 6 N–H and O–H groups in total. The van der Waals surface area contributed by atoms with Crippen LogP contribution in [0.1, 0.15) is 0 Å². The van der Waals surface area contributed by atoms with Crippen LogP contribution in [0.25, 0.3) is 22.1 Å². The van der Waals surface area contributed by atoms with Gasteiger partial charge in [0.05, 0.1) is 31.3 Å². The maximum Gasteiger partial charge on any atom is 0.229 e. The maximum absolute atomic E-state index is 13.1. The molecule has 2 aliphatic heterocycles. The highest BCUT2D eigenvalue weighted by Gasteiger charge is 2.46. The Labute approximate surface area is 227 Å². The minimum atomic E-state index is -1.68. The molecule has 0 aliphatic carbocycles. The van der Waals surface area contributed by atoms with E-state index < -0.39 is 61.9 Å². The fourth-order valence-electron chi connectivity index (χ4n) is 4.55. The third kappa shape index (κ3) is 5.56. The van der Waals surface area contributed by atoms with Crippen molar-refractivity contribution in [3.63, 3.8) is 0 Å². The van der Waals surface area contributed by atoms with E-state index in [2.05, 4.69) is 0 Å². The van der Waals surface area contributed by atoms with Crippen LogP contribution < -0.4 is 14.9 Å². The lowest BCUT2D eigenvalue weighted by molar-refractivity contribution is -0.307. The monoisotopic (exact) mass is 562 g/mol. The molecule has 40 heavy (non-hydrogen) atoms. The molecule has 9 atom stereocenters. The second-order valence-corrected chi connectivity index (χ2v) is 9.58. The Morgan fingerprint density at radius 3 is 2.27 bits per heavy atom. The number of benzene rings is 2. The molecular formula is C27H30O13. The predicted molar refractivity (Wildman–Crippen MR) is 135 cm³/mol. The molecule has 2 saturated heterocycles. The molecule has 13 heteroatoms. The average molecular weight is 563 g/mol. The summed E-state index contributed by atoms with van der Waals surface area (Å²) in [6.07, 6.45) is -12.0. The molecule has 0 spiro atoms. The lowest BCUT2D eigenvalue weighted by Gasteiger charge is -2.41. The van der Waals surface area contributed by atoms with Crippen molar-refractivity contribution in [3.05, 3.63) is 59.0 Å². The van der Waals surface area contributed by atoms with Crippen molar-refractivity contribution in [2.75, 3.05) is 20.3 Å². The lowest BCUT2D eigenvalue weighted by Crippen LogP contribution is -2.61. The van der Waals surface area contributed by atoms with Crippen LogP contribution in [-0.4, -0.2) is 106 Å². The van der Waals surface area contributed by atoms with Crippen LogP contribution in [0.15, 0.2) is 57.9 Å². The summed E-state index contributed by atoms with van der Waals surface area (Å²) in [5, 5.41) is 60.9. The fourth-order valence-corrected chi connectivity index (χ4v) is 4.55. The Balaban J connectivity index is 1.29. The molecule has 0 bridgehead atoms. The molecule has 3 heterocycles. The van der Waals surface area contributed by atoms with Crippen LogP contribution in [-0.2, 0) is 14.2 Å². The van der Waals surface area contributed by atoms with Crippen LogP contribution in [0.5, 0.6) is 11.5 Å². The quantitative estimate of drug-likeness (QED) is 0.208. The lowest BCUT2D eigenvalue weighted by atomic mass is 9.99. The molecule has 2 aromatic carbocycles. The van der Waals surface area contributed by atoms with Crippen molar-refractivity contribution in [2.24, 2.45) is 0 Å². The van der Waals surface area contributed by atoms with E-state index in [1.807, 2.05) is 0 Å². The van der Waals surface area contributed by atoms with Crippen LogP contribution in [0.4, 0.5) is 0 Å². The number of hydrogen-bond donors (Lipinski definition) is 6. The Bertz CT molecular complexity index is 1360. The van der Waals surface area contributed by atoms with Crippen LogP contribution in [0, 0.1) is 0 Å². The summed E-state index contributed by atoms with van der Waals surface area (Å²) in [5.41, 5.74) is 0.930. The summed E-state index contributed by atoms with van der Waals surface area (Å²) in [6, 6.07) is 11.3. The van der Waals surface area contributed by atoms with Crippen molar-refractivity contribution in [2.45, 2.75) is 55.3 Å². The first kappa shape index (κ1) is 28.4. The number of aliphatic hydroxyl groups is 6. The second kappa shape index (κ2) is 11.8. The summed E-state index contributed by atoms with van der Waals surface area (Å²) >= 11 is 0. The first-order chi connectivity index (χ1) is 19.2. The normalized spacial score (nSPS) is 32.6. The van der Waals surface area contributed by atoms with Crippen LogP contribution in [0.3, 0.4) is 0 Å². The molecule has 2 aliphatic rings. The third-order valence-electron chi connectivity index (χ3n) is 6.95. The van der Waals surface area contributed by atoms with E-state index in [-0.39, 0.29) is 28.8 Å². The molecule has 0 amide bonds. The fraction of sp³-hybridized carbons (Fsp3) is 0.444. The first-order valence-corrected chi connectivity index (χ1v) is 12.5. The molecular weight excluding hydrogens is 532 g/mol. The Morgan fingerprint density at radius 1 is 0.850 bits per heavy atom. The average Bonchev–Trinajstić information content (AvgIpc) is 2.96. The van der Waals surface area contributed by atoms with Crippen LogP contribution in [0.2, 0.25) is 0 Å². The smallest absolute Gasteiger partial charge is 0.229 e. The summed E-state index contributed by atoms with van der Waals surface area (Å²) in [6.45, 7) is -0.709. The van der Waals surface area contributed by atoms with Gasteiger partial charge in [-0.1, -0.05) is 12.1 Å². The summed E-state index contributed by atoms with van der Waals surface area (Å²) in [5.74, 6) is 0.788. The second-order valence-electron chi connectivity index (χ2n) is 9.58. The highest BCUT2D eigenvalue weighted by molar-refractivity contribution is 5.82. The van der Waals surface area contributed by atoms with Gasteiger partial charge in [0.25, 0.3) is 0 Å². The van der Waals surface area contributed by atoms with E-state index in [1.165, 1.54) is 24.5 Å². The van der Waals surface area contributed by atoms with E-state index in [1.54, 1.807) is 31.4 Å². The number of hydrogen-bond acceptors (Lipinski definition) is 13. The Morgan fingerprint density at radius 2 is 1.55 bits per heavy atom. The zero-order chi connectivity index (χ0) is 28.6. The van der Waals surface area contributed by atoms with Crippen molar-refractivity contribution in [1.82, 2.24) is 0 Å². The van der Waals surface area contributed by atoms with Gasteiger partial charge >= 0.3 is 0 Å². The van der Waals surface area contributed by atoms with Crippen molar-refractivity contribution in [1.29, 1.82) is 0 Å². The minimum absolute atomic E-state index is 0.142. The molecule has 3 aromatic rings. The van der Waals surface area contributed by atoms with Gasteiger partial charge in [0, 0.05) is 6.07 Å². The molecule has 5 rings (SSSR count). The van der Waals surface area contributed by atoms with Gasteiger partial charge in [0.1, 0.15) is 66.1 Å². The van der Waals surface area contributed by atoms with E-state index in [0.29, 0.717) is 16.9 Å². The van der Waals surface area contributed by atoms with Gasteiger partial charge in [0.2, 0.25) is 6.29 Å². The molecule has 0 saturated carbocycles. The minimum Gasteiger partial charge on any atom is -0.497 e. The molecule has 13 nitrogen and oxygen atoms in total. The summed E-state index contributed by atoms with van der Waals surface area (Å²) in [4.78, 5) is 13.1. The number of methoxy groups -OCH3 is 1. The van der Waals surface area contributed by atoms with Gasteiger partial charge in [-0.25, -0.2) is 0 Å². The first-order valence-electron chi connectivity index (χ1n) is 12.5. The number of ether oxygens (including phenoxy) is 5. The Hall–Kier alpha value is -3.11. The van der Waals surface area contributed by atoms with Gasteiger partial charge in [-0.05, 0) is 29.8 Å². The van der Waals surface area contributed by atoms with Crippen LogP contribution >= 0.6 is 0 Å². The SMILES string of the molecule is COc1ccc(-c2coc3cc(O[C@@H]4O[C@@H](CO[C@@H]5OC[C@@H](O)[C@H](O)[C@@H]5O)[C@@H](O)[C@H](O)[C@@H]4O)ccc3c2=O)cc1. The van der Waals surface area contributed by atoms with Gasteiger partial charge < -0.3 is 58.7 Å².